The molecule has 0 radical (unpaired) electrons. The Kier molecular flexibility index (Phi) is 10.2. The standard InChI is InChI=1S/C40H33Br2N5O4/c41-31-9-5-27(6-10-31)38(48)44-39(49)37-23-30-22-33(13-15-36(30)51-37)46-19-17-45(18-20-46)16-2-1-3-29-25-47(35-14-4-26(24-43)21-34(29)35)40(50)28-7-11-32(42)12-8-28/h4-15,21-23,25H,1-3,16-20H2,(H,44,48,49). The van der Waals surface area contributed by atoms with E-state index in [-0.39, 0.29) is 11.7 Å². The highest BCUT2D eigenvalue weighted by molar-refractivity contribution is 9.10. The van der Waals surface area contributed by atoms with Crippen molar-refractivity contribution in [3.8, 4) is 6.07 Å². The van der Waals surface area contributed by atoms with Gasteiger partial charge in [-0.3, -0.25) is 29.2 Å². The van der Waals surface area contributed by atoms with E-state index >= 15 is 0 Å². The summed E-state index contributed by atoms with van der Waals surface area (Å²) in [5, 5.41) is 13.7. The van der Waals surface area contributed by atoms with Crippen LogP contribution in [0.4, 0.5) is 5.69 Å². The van der Waals surface area contributed by atoms with Crippen molar-refractivity contribution in [1.82, 2.24) is 14.8 Å². The fraction of sp³-hybridized carbons (Fsp3) is 0.200. The van der Waals surface area contributed by atoms with Gasteiger partial charge in [-0.2, -0.15) is 5.26 Å². The van der Waals surface area contributed by atoms with Crippen LogP contribution < -0.4 is 10.2 Å². The van der Waals surface area contributed by atoms with Gasteiger partial charge in [-0.25, -0.2) is 0 Å². The average Bonchev–Trinajstić information content (AvgIpc) is 3.75. The van der Waals surface area contributed by atoms with Crippen molar-refractivity contribution in [3.63, 3.8) is 0 Å². The second kappa shape index (κ2) is 15.1. The van der Waals surface area contributed by atoms with Crippen LogP contribution in [0.1, 0.15) is 55.2 Å². The maximum absolute atomic E-state index is 13.4. The van der Waals surface area contributed by atoms with Gasteiger partial charge in [-0.1, -0.05) is 31.9 Å². The molecule has 0 saturated carbocycles. The average molecular weight is 808 g/mol. The van der Waals surface area contributed by atoms with Crippen LogP contribution in [0.25, 0.3) is 21.9 Å². The van der Waals surface area contributed by atoms with Crippen molar-refractivity contribution >= 4 is 77.1 Å². The first-order valence-electron chi connectivity index (χ1n) is 16.7. The first-order chi connectivity index (χ1) is 24.7. The third-order valence-corrected chi connectivity index (χ3v) is 10.3. The molecule has 2 aromatic heterocycles. The molecule has 1 fully saturated rings. The number of carbonyl (C=O) groups excluding carboxylic acids is 3. The molecule has 0 spiro atoms. The summed E-state index contributed by atoms with van der Waals surface area (Å²) in [6, 6.07) is 29.4. The Morgan fingerprint density at radius 2 is 1.49 bits per heavy atom. The number of aryl methyl sites for hydroxylation is 1. The molecule has 1 aliphatic rings. The number of nitrogens with zero attached hydrogens (tertiary/aromatic N) is 4. The second-order valence-electron chi connectivity index (χ2n) is 12.6. The largest absolute Gasteiger partial charge is 0.451 e. The summed E-state index contributed by atoms with van der Waals surface area (Å²) < 4.78 is 9.24. The highest BCUT2D eigenvalue weighted by Crippen LogP contribution is 2.28. The number of hydrogen-bond acceptors (Lipinski definition) is 7. The molecule has 51 heavy (non-hydrogen) atoms. The van der Waals surface area contributed by atoms with E-state index in [0.29, 0.717) is 22.3 Å². The van der Waals surface area contributed by atoms with Gasteiger partial charge >= 0.3 is 0 Å². The number of anilines is 1. The normalized spacial score (nSPS) is 13.4. The van der Waals surface area contributed by atoms with E-state index in [1.54, 1.807) is 41.0 Å². The molecule has 6 aromatic rings. The topological polar surface area (TPSA) is 112 Å². The Balaban J connectivity index is 0.925. The van der Waals surface area contributed by atoms with Gasteiger partial charge in [0.1, 0.15) is 5.58 Å². The molecule has 0 bridgehead atoms. The van der Waals surface area contributed by atoms with Gasteiger partial charge < -0.3 is 9.32 Å². The van der Waals surface area contributed by atoms with Crippen LogP contribution in [0.3, 0.4) is 0 Å². The van der Waals surface area contributed by atoms with Gasteiger partial charge in [0.2, 0.25) is 0 Å². The number of imide groups is 1. The van der Waals surface area contributed by atoms with Crippen LogP contribution in [0, 0.1) is 11.3 Å². The Bertz CT molecular complexity index is 2300. The van der Waals surface area contributed by atoms with E-state index in [9.17, 15) is 19.6 Å². The molecule has 11 heteroatoms. The highest BCUT2D eigenvalue weighted by Gasteiger charge is 2.21. The maximum atomic E-state index is 13.4. The number of fused-ring (bicyclic) bond motifs is 2. The van der Waals surface area contributed by atoms with E-state index < -0.39 is 11.8 Å². The number of rotatable bonds is 9. The second-order valence-corrected chi connectivity index (χ2v) is 14.4. The summed E-state index contributed by atoms with van der Waals surface area (Å²) in [5.41, 5.74) is 5.10. The van der Waals surface area contributed by atoms with Gasteiger partial charge in [0.05, 0.1) is 17.1 Å². The number of unbranched alkanes of at least 4 members (excludes halogenated alkanes) is 1. The molecule has 1 N–H and O–H groups in total. The summed E-state index contributed by atoms with van der Waals surface area (Å²) in [4.78, 5) is 43.5. The van der Waals surface area contributed by atoms with E-state index in [1.807, 2.05) is 60.8 Å². The van der Waals surface area contributed by atoms with Crippen molar-refractivity contribution in [2.24, 2.45) is 0 Å². The zero-order valence-electron chi connectivity index (χ0n) is 27.6. The number of nitriles is 1. The SMILES string of the molecule is N#Cc1ccc2c(c1)c(CCCCN1CCN(c3ccc4oc(C(=O)NC(=O)c5ccc(Br)cc5)cc4c3)CC1)cn2C(=O)c1ccc(Br)cc1. The third kappa shape index (κ3) is 7.69. The number of benzene rings is 4. The lowest BCUT2D eigenvalue weighted by Gasteiger charge is -2.36. The lowest BCUT2D eigenvalue weighted by atomic mass is 10.0. The van der Waals surface area contributed by atoms with Crippen molar-refractivity contribution < 1.29 is 18.8 Å². The lowest BCUT2D eigenvalue weighted by molar-refractivity contribution is 0.0833. The van der Waals surface area contributed by atoms with Crippen molar-refractivity contribution in [2.45, 2.75) is 19.3 Å². The maximum Gasteiger partial charge on any atom is 0.293 e. The minimum Gasteiger partial charge on any atom is -0.451 e. The van der Waals surface area contributed by atoms with E-state index in [4.69, 9.17) is 4.42 Å². The molecule has 1 aliphatic heterocycles. The van der Waals surface area contributed by atoms with Gasteiger partial charge in [0, 0.05) is 68.9 Å². The number of nitrogens with one attached hydrogen (secondary N) is 1. The molecule has 7 rings (SSSR count). The summed E-state index contributed by atoms with van der Waals surface area (Å²) >= 11 is 6.78. The van der Waals surface area contributed by atoms with E-state index in [0.717, 1.165) is 88.5 Å². The van der Waals surface area contributed by atoms with Crippen molar-refractivity contribution in [3.05, 3.63) is 134 Å². The van der Waals surface area contributed by atoms with Gasteiger partial charge in [0.25, 0.3) is 17.7 Å². The van der Waals surface area contributed by atoms with Gasteiger partial charge in [-0.15, -0.1) is 0 Å². The molecule has 4 aromatic carbocycles. The van der Waals surface area contributed by atoms with Crippen molar-refractivity contribution in [1.29, 1.82) is 5.26 Å². The van der Waals surface area contributed by atoms with Gasteiger partial charge in [-0.05, 0) is 122 Å². The molecule has 1 saturated heterocycles. The third-order valence-electron chi connectivity index (χ3n) is 9.29. The molecule has 0 atom stereocenters. The molecule has 3 heterocycles. The summed E-state index contributed by atoms with van der Waals surface area (Å²) in [5.74, 6) is -1.08. The fourth-order valence-corrected chi connectivity index (χ4v) is 7.05. The molecule has 9 nitrogen and oxygen atoms in total. The molecule has 0 unspecified atom stereocenters. The number of amides is 2. The summed E-state index contributed by atoms with van der Waals surface area (Å²) in [7, 11) is 0. The minimum absolute atomic E-state index is 0.0868. The number of furan rings is 1. The molecule has 256 valence electrons. The zero-order valence-corrected chi connectivity index (χ0v) is 30.7. The Morgan fingerprint density at radius 1 is 0.784 bits per heavy atom. The summed E-state index contributed by atoms with van der Waals surface area (Å²) in [6.45, 7) is 4.59. The first-order valence-corrected chi connectivity index (χ1v) is 18.3. The predicted molar refractivity (Wildman–Crippen MR) is 204 cm³/mol. The van der Waals surface area contributed by atoms with E-state index in [1.165, 1.54) is 0 Å². The number of halogens is 2. The first kappa shape index (κ1) is 34.4. The highest BCUT2D eigenvalue weighted by atomic mass is 79.9. The van der Waals surface area contributed by atoms with Crippen LogP contribution in [0.2, 0.25) is 0 Å². The van der Waals surface area contributed by atoms with E-state index in [2.05, 4.69) is 53.0 Å². The molecule has 0 aliphatic carbocycles. The molecular formula is C40H33Br2N5O4. The number of carbonyl (C=O) groups is 3. The molecule has 2 amide bonds. The zero-order chi connectivity index (χ0) is 35.5. The van der Waals surface area contributed by atoms with Crippen LogP contribution >= 0.6 is 31.9 Å². The Morgan fingerprint density at radius 3 is 2.20 bits per heavy atom. The summed E-state index contributed by atoms with van der Waals surface area (Å²) in [6.07, 6.45) is 4.73. The Labute approximate surface area is 311 Å². The number of piperazine rings is 1. The van der Waals surface area contributed by atoms with Crippen LogP contribution in [0.15, 0.2) is 111 Å². The number of aromatic nitrogens is 1. The minimum atomic E-state index is -0.582. The monoisotopic (exact) mass is 805 g/mol. The fourth-order valence-electron chi connectivity index (χ4n) is 6.52. The number of hydrogen-bond donors (Lipinski definition) is 1. The van der Waals surface area contributed by atoms with Gasteiger partial charge in [0.15, 0.2) is 5.76 Å². The van der Waals surface area contributed by atoms with Crippen LogP contribution in [0.5, 0.6) is 0 Å². The van der Waals surface area contributed by atoms with Crippen LogP contribution in [-0.4, -0.2) is 59.9 Å². The predicted octanol–water partition coefficient (Wildman–Crippen LogP) is 8.19. The molecular weight excluding hydrogens is 774 g/mol. The van der Waals surface area contributed by atoms with Crippen molar-refractivity contribution in [2.75, 3.05) is 37.6 Å². The van der Waals surface area contributed by atoms with Crippen LogP contribution in [-0.2, 0) is 6.42 Å². The smallest absolute Gasteiger partial charge is 0.293 e. The quantitative estimate of drug-likeness (QED) is 0.116. The lowest BCUT2D eigenvalue weighted by Crippen LogP contribution is -2.46. The Hall–Kier alpha value is -5.02.